The molecule has 0 aliphatic heterocycles. The standard InChI is InChI=1S/C8H8N2OS/c1-5-7(9)8-6(12-5)3-2-4-10(8)11/h2-4H,9H2,1H3. The fourth-order valence-corrected chi connectivity index (χ4v) is 2.17. The molecule has 0 aliphatic carbocycles. The van der Waals surface area contributed by atoms with Crippen LogP contribution in [0.5, 0.6) is 0 Å². The molecule has 0 bridgehead atoms. The number of nitrogen functional groups attached to an aromatic ring is 1. The summed E-state index contributed by atoms with van der Waals surface area (Å²) in [5, 5.41) is 11.3. The van der Waals surface area contributed by atoms with Gasteiger partial charge < -0.3 is 10.9 Å². The molecule has 0 fully saturated rings. The Kier molecular flexibility index (Phi) is 1.44. The first-order valence-electron chi connectivity index (χ1n) is 3.57. The molecule has 2 rings (SSSR count). The molecule has 4 heteroatoms. The molecule has 2 heterocycles. The van der Waals surface area contributed by atoms with Crippen LogP contribution in [-0.2, 0) is 0 Å². The lowest BCUT2D eigenvalue weighted by Crippen LogP contribution is -2.25. The fourth-order valence-electron chi connectivity index (χ4n) is 1.19. The Morgan fingerprint density at radius 1 is 1.58 bits per heavy atom. The van der Waals surface area contributed by atoms with Crippen LogP contribution in [0.2, 0.25) is 0 Å². The van der Waals surface area contributed by atoms with E-state index in [1.54, 1.807) is 17.4 Å². The third-order valence-electron chi connectivity index (χ3n) is 1.82. The van der Waals surface area contributed by atoms with Crippen LogP contribution in [0.4, 0.5) is 5.69 Å². The summed E-state index contributed by atoms with van der Waals surface area (Å²) in [6.45, 7) is 1.92. The number of nitrogens with zero attached hydrogens (tertiary/aromatic N) is 1. The van der Waals surface area contributed by atoms with E-state index in [-0.39, 0.29) is 0 Å². The van der Waals surface area contributed by atoms with Gasteiger partial charge >= 0.3 is 0 Å². The van der Waals surface area contributed by atoms with Crippen LogP contribution in [0.3, 0.4) is 0 Å². The van der Waals surface area contributed by atoms with Gasteiger partial charge in [-0.15, -0.1) is 11.3 Å². The first-order chi connectivity index (χ1) is 5.70. The largest absolute Gasteiger partial charge is 0.618 e. The Morgan fingerprint density at radius 2 is 2.33 bits per heavy atom. The first kappa shape index (κ1) is 7.36. The second-order valence-corrected chi connectivity index (χ2v) is 3.88. The van der Waals surface area contributed by atoms with Gasteiger partial charge in [-0.25, -0.2) is 0 Å². The highest BCUT2D eigenvalue weighted by molar-refractivity contribution is 7.19. The number of hydrogen-bond acceptors (Lipinski definition) is 3. The van der Waals surface area contributed by atoms with E-state index in [1.165, 1.54) is 6.20 Å². The van der Waals surface area contributed by atoms with Crippen molar-refractivity contribution in [3.63, 3.8) is 0 Å². The number of thiophene rings is 1. The third kappa shape index (κ3) is 0.848. The van der Waals surface area contributed by atoms with Crippen molar-refractivity contribution in [2.75, 3.05) is 5.73 Å². The normalized spacial score (nSPS) is 10.8. The maximum atomic E-state index is 11.3. The van der Waals surface area contributed by atoms with Crippen molar-refractivity contribution in [3.8, 4) is 0 Å². The molecule has 0 aromatic carbocycles. The van der Waals surface area contributed by atoms with Crippen LogP contribution in [0.1, 0.15) is 4.88 Å². The molecule has 62 valence electrons. The predicted octanol–water partition coefficient (Wildman–Crippen LogP) is 1.43. The van der Waals surface area contributed by atoms with Crippen LogP contribution >= 0.6 is 11.3 Å². The van der Waals surface area contributed by atoms with Crippen LogP contribution in [0.25, 0.3) is 10.2 Å². The number of pyridine rings is 1. The fraction of sp³-hybridized carbons (Fsp3) is 0.125. The molecular formula is C8H8N2OS. The molecule has 0 saturated heterocycles. The Bertz CT molecular complexity index is 436. The SMILES string of the molecule is Cc1sc2ccc[n+]([O-])c2c1N. The van der Waals surface area contributed by atoms with Gasteiger partial charge in [-0.05, 0) is 13.0 Å². The molecule has 0 spiro atoms. The van der Waals surface area contributed by atoms with Crippen molar-refractivity contribution in [2.24, 2.45) is 0 Å². The minimum atomic E-state index is 0.597. The number of anilines is 1. The summed E-state index contributed by atoms with van der Waals surface area (Å²) in [4.78, 5) is 1.00. The van der Waals surface area contributed by atoms with Crippen molar-refractivity contribution >= 4 is 27.2 Å². The first-order valence-corrected chi connectivity index (χ1v) is 4.38. The summed E-state index contributed by atoms with van der Waals surface area (Å²) < 4.78 is 1.76. The molecule has 2 aromatic heterocycles. The van der Waals surface area contributed by atoms with E-state index in [0.717, 1.165) is 14.3 Å². The van der Waals surface area contributed by atoms with E-state index >= 15 is 0 Å². The Balaban J connectivity index is 2.97. The second kappa shape index (κ2) is 2.35. The Labute approximate surface area is 73.6 Å². The number of fused-ring (bicyclic) bond motifs is 1. The molecule has 0 unspecified atom stereocenters. The summed E-state index contributed by atoms with van der Waals surface area (Å²) in [5.74, 6) is 0. The molecular weight excluding hydrogens is 172 g/mol. The molecule has 0 atom stereocenters. The zero-order valence-electron chi connectivity index (χ0n) is 6.57. The molecule has 2 N–H and O–H groups in total. The van der Waals surface area contributed by atoms with Crippen molar-refractivity contribution < 1.29 is 4.73 Å². The number of aryl methyl sites for hydroxylation is 1. The van der Waals surface area contributed by atoms with Gasteiger partial charge in [-0.3, -0.25) is 0 Å². The molecule has 0 aliphatic rings. The summed E-state index contributed by atoms with van der Waals surface area (Å²) in [7, 11) is 0. The van der Waals surface area contributed by atoms with Crippen LogP contribution in [0, 0.1) is 12.1 Å². The van der Waals surface area contributed by atoms with Gasteiger partial charge in [0, 0.05) is 10.9 Å². The lowest BCUT2D eigenvalue weighted by atomic mass is 10.3. The average Bonchev–Trinajstić information content (AvgIpc) is 2.29. The highest BCUT2D eigenvalue weighted by atomic mass is 32.1. The molecule has 3 nitrogen and oxygen atoms in total. The van der Waals surface area contributed by atoms with Gasteiger partial charge in [0.05, 0.1) is 0 Å². The monoisotopic (exact) mass is 180 g/mol. The maximum absolute atomic E-state index is 11.3. The lowest BCUT2D eigenvalue weighted by Gasteiger charge is -1.96. The summed E-state index contributed by atoms with van der Waals surface area (Å²) in [6, 6.07) is 3.63. The van der Waals surface area contributed by atoms with Crippen molar-refractivity contribution in [3.05, 3.63) is 28.4 Å². The third-order valence-corrected chi connectivity index (χ3v) is 2.90. The minimum absolute atomic E-state index is 0.597. The lowest BCUT2D eigenvalue weighted by molar-refractivity contribution is -0.576. The van der Waals surface area contributed by atoms with Gasteiger partial charge in [-0.2, -0.15) is 4.73 Å². The van der Waals surface area contributed by atoms with Gasteiger partial charge in [0.2, 0.25) is 0 Å². The molecule has 2 aromatic rings. The van der Waals surface area contributed by atoms with E-state index in [2.05, 4.69) is 0 Å². The van der Waals surface area contributed by atoms with E-state index in [1.807, 2.05) is 13.0 Å². The number of aromatic nitrogens is 1. The molecule has 0 radical (unpaired) electrons. The summed E-state index contributed by atoms with van der Waals surface area (Å²) >= 11 is 1.55. The van der Waals surface area contributed by atoms with Crippen molar-refractivity contribution in [1.29, 1.82) is 0 Å². The quantitative estimate of drug-likeness (QED) is 0.492. The number of hydrogen-bond donors (Lipinski definition) is 1. The number of nitrogens with two attached hydrogens (primary N) is 1. The van der Waals surface area contributed by atoms with Gasteiger partial charge in [-0.1, -0.05) is 0 Å². The average molecular weight is 180 g/mol. The van der Waals surface area contributed by atoms with Crippen LogP contribution in [-0.4, -0.2) is 0 Å². The van der Waals surface area contributed by atoms with E-state index < -0.39 is 0 Å². The Hall–Kier alpha value is -1.29. The predicted molar refractivity (Wildman–Crippen MR) is 49.9 cm³/mol. The molecule has 0 saturated carbocycles. The number of rotatable bonds is 0. The van der Waals surface area contributed by atoms with E-state index in [4.69, 9.17) is 5.73 Å². The van der Waals surface area contributed by atoms with Gasteiger partial charge in [0.25, 0.3) is 5.52 Å². The Morgan fingerprint density at radius 3 is 3.00 bits per heavy atom. The smallest absolute Gasteiger partial charge is 0.258 e. The van der Waals surface area contributed by atoms with E-state index in [9.17, 15) is 5.21 Å². The summed E-state index contributed by atoms with van der Waals surface area (Å²) in [6.07, 6.45) is 1.46. The minimum Gasteiger partial charge on any atom is -0.618 e. The van der Waals surface area contributed by atoms with E-state index in [0.29, 0.717) is 11.2 Å². The van der Waals surface area contributed by atoms with Crippen molar-refractivity contribution in [2.45, 2.75) is 6.92 Å². The van der Waals surface area contributed by atoms with Gasteiger partial charge in [0.1, 0.15) is 10.4 Å². The highest BCUT2D eigenvalue weighted by Gasteiger charge is 2.12. The maximum Gasteiger partial charge on any atom is 0.258 e. The molecule has 12 heavy (non-hydrogen) atoms. The highest BCUT2D eigenvalue weighted by Crippen LogP contribution is 2.29. The van der Waals surface area contributed by atoms with Crippen LogP contribution < -0.4 is 10.5 Å². The second-order valence-electron chi connectivity index (χ2n) is 2.62. The van der Waals surface area contributed by atoms with Crippen LogP contribution in [0.15, 0.2) is 18.3 Å². The zero-order chi connectivity index (χ0) is 8.72. The van der Waals surface area contributed by atoms with Crippen molar-refractivity contribution in [1.82, 2.24) is 0 Å². The summed E-state index contributed by atoms with van der Waals surface area (Å²) in [5.41, 5.74) is 6.93. The topological polar surface area (TPSA) is 53.0 Å². The molecule has 0 amide bonds. The zero-order valence-corrected chi connectivity index (χ0v) is 7.39. The van der Waals surface area contributed by atoms with Gasteiger partial charge in [0.15, 0.2) is 6.20 Å².